The van der Waals surface area contributed by atoms with Crippen molar-refractivity contribution in [3.63, 3.8) is 0 Å². The highest BCUT2D eigenvalue weighted by atomic mass is 16.5. The van der Waals surface area contributed by atoms with Crippen LogP contribution in [0.25, 0.3) is 0 Å². The van der Waals surface area contributed by atoms with E-state index in [-0.39, 0.29) is 18.1 Å². The van der Waals surface area contributed by atoms with Gasteiger partial charge in [0.1, 0.15) is 5.75 Å². The Bertz CT molecular complexity index is 471. The van der Waals surface area contributed by atoms with Crippen LogP contribution >= 0.6 is 0 Å². The van der Waals surface area contributed by atoms with Gasteiger partial charge in [-0.25, -0.2) is 0 Å². The van der Waals surface area contributed by atoms with Crippen molar-refractivity contribution in [3.05, 3.63) is 24.3 Å². The lowest BCUT2D eigenvalue weighted by atomic mass is 10.2. The molecule has 0 radical (unpaired) electrons. The number of nitrogens with zero attached hydrogens (tertiary/aromatic N) is 1. The van der Waals surface area contributed by atoms with Crippen molar-refractivity contribution in [2.24, 2.45) is 5.92 Å². The Labute approximate surface area is 125 Å². The molecule has 1 fully saturated rings. The molecule has 1 aliphatic rings. The molecule has 5 heteroatoms. The lowest BCUT2D eigenvalue weighted by Crippen LogP contribution is -2.43. The molecule has 1 saturated carbocycles. The first-order valence-electron chi connectivity index (χ1n) is 7.34. The van der Waals surface area contributed by atoms with Gasteiger partial charge in [-0.15, -0.1) is 0 Å². The first kappa shape index (κ1) is 15.8. The van der Waals surface area contributed by atoms with Crippen LogP contribution in [0.4, 0.5) is 5.69 Å². The molecule has 1 aliphatic carbocycles. The van der Waals surface area contributed by atoms with Crippen LogP contribution in [0.2, 0.25) is 0 Å². The number of amides is 1. The van der Waals surface area contributed by atoms with E-state index in [0.29, 0.717) is 12.5 Å². The van der Waals surface area contributed by atoms with Crippen molar-refractivity contribution >= 4 is 11.6 Å². The Morgan fingerprint density at radius 2 is 2.05 bits per heavy atom. The fourth-order valence-electron chi connectivity index (χ4n) is 2.20. The largest absolute Gasteiger partial charge is 0.497 e. The van der Waals surface area contributed by atoms with Crippen molar-refractivity contribution < 1.29 is 14.6 Å². The second-order valence-corrected chi connectivity index (χ2v) is 5.74. The summed E-state index contributed by atoms with van der Waals surface area (Å²) >= 11 is 0. The van der Waals surface area contributed by atoms with Crippen LogP contribution in [0.3, 0.4) is 0 Å². The topological polar surface area (TPSA) is 61.8 Å². The molecular weight excluding hydrogens is 268 g/mol. The molecule has 0 bridgehead atoms. The average Bonchev–Trinajstić information content (AvgIpc) is 3.31. The molecule has 21 heavy (non-hydrogen) atoms. The minimum atomic E-state index is -0.328. The van der Waals surface area contributed by atoms with Crippen molar-refractivity contribution in [1.29, 1.82) is 0 Å². The Hall–Kier alpha value is -1.59. The number of likely N-dealkylation sites (N-methyl/N-ethyl adjacent to an activating group) is 1. The molecule has 0 saturated heterocycles. The van der Waals surface area contributed by atoms with E-state index in [9.17, 15) is 9.90 Å². The van der Waals surface area contributed by atoms with Crippen LogP contribution in [-0.2, 0) is 4.79 Å². The van der Waals surface area contributed by atoms with E-state index in [1.165, 1.54) is 0 Å². The monoisotopic (exact) mass is 292 g/mol. The summed E-state index contributed by atoms with van der Waals surface area (Å²) in [6, 6.07) is 6.94. The molecule has 5 nitrogen and oxygen atoms in total. The number of aliphatic hydroxyl groups is 1. The third-order valence-corrected chi connectivity index (χ3v) is 4.04. The van der Waals surface area contributed by atoms with Gasteiger partial charge in [-0.1, -0.05) is 0 Å². The van der Waals surface area contributed by atoms with E-state index in [4.69, 9.17) is 4.74 Å². The maximum atomic E-state index is 12.2. The molecule has 0 heterocycles. The lowest BCUT2D eigenvalue weighted by molar-refractivity contribution is -0.120. The van der Waals surface area contributed by atoms with E-state index >= 15 is 0 Å². The molecular formula is C16H24N2O3. The Morgan fingerprint density at radius 3 is 2.57 bits per heavy atom. The normalized spacial score (nSPS) is 17.4. The van der Waals surface area contributed by atoms with E-state index in [1.807, 2.05) is 31.0 Å². The molecule has 0 aliphatic heterocycles. The maximum absolute atomic E-state index is 12.2. The van der Waals surface area contributed by atoms with Crippen molar-refractivity contribution in [2.45, 2.75) is 31.9 Å². The number of aliphatic hydroxyl groups excluding tert-OH is 1. The molecule has 2 N–H and O–H groups in total. The smallest absolute Gasteiger partial charge is 0.241 e. The van der Waals surface area contributed by atoms with E-state index in [0.717, 1.165) is 24.3 Å². The molecule has 1 aromatic carbocycles. The number of anilines is 1. The lowest BCUT2D eigenvalue weighted by Gasteiger charge is -2.26. The molecule has 116 valence electrons. The molecule has 2 atom stereocenters. The summed E-state index contributed by atoms with van der Waals surface area (Å²) in [4.78, 5) is 14.1. The van der Waals surface area contributed by atoms with Crippen molar-refractivity contribution in [3.8, 4) is 5.75 Å². The first-order valence-corrected chi connectivity index (χ1v) is 7.34. The fourth-order valence-corrected chi connectivity index (χ4v) is 2.20. The number of methoxy groups -OCH3 is 1. The summed E-state index contributed by atoms with van der Waals surface area (Å²) in [6.07, 6.45) is 1.87. The number of benzene rings is 1. The second-order valence-electron chi connectivity index (χ2n) is 5.74. The zero-order valence-corrected chi connectivity index (χ0v) is 12.9. The van der Waals surface area contributed by atoms with E-state index < -0.39 is 0 Å². The number of ether oxygens (including phenoxy) is 1. The maximum Gasteiger partial charge on any atom is 0.241 e. The predicted molar refractivity (Wildman–Crippen MR) is 82.4 cm³/mol. The van der Waals surface area contributed by atoms with Crippen LogP contribution < -0.4 is 10.1 Å². The molecule has 0 spiro atoms. The van der Waals surface area contributed by atoms with Crippen LogP contribution in [0, 0.1) is 5.92 Å². The van der Waals surface area contributed by atoms with Crippen molar-refractivity contribution in [2.75, 3.05) is 26.0 Å². The number of carbonyl (C=O) groups is 1. The summed E-state index contributed by atoms with van der Waals surface area (Å²) in [7, 11) is 3.47. The summed E-state index contributed by atoms with van der Waals surface area (Å²) in [5.74, 6) is 1.10. The minimum absolute atomic E-state index is 0.0781. The molecule has 2 unspecified atom stereocenters. The summed E-state index contributed by atoms with van der Waals surface area (Å²) in [5.41, 5.74) is 0.740. The van der Waals surface area contributed by atoms with E-state index in [2.05, 4.69) is 5.32 Å². The highest BCUT2D eigenvalue weighted by Gasteiger charge is 2.31. The summed E-state index contributed by atoms with van der Waals surface area (Å²) < 4.78 is 5.08. The Balaban J connectivity index is 1.85. The minimum Gasteiger partial charge on any atom is -0.497 e. The zero-order chi connectivity index (χ0) is 15.4. The first-order chi connectivity index (χ1) is 10.0. The Kier molecular flexibility index (Phi) is 5.20. The van der Waals surface area contributed by atoms with Gasteiger partial charge in [0, 0.05) is 12.2 Å². The third-order valence-electron chi connectivity index (χ3n) is 4.04. The van der Waals surface area contributed by atoms with Gasteiger partial charge in [0.25, 0.3) is 0 Å². The molecule has 2 rings (SSSR count). The second kappa shape index (κ2) is 6.91. The van der Waals surface area contributed by atoms with Gasteiger partial charge in [0.15, 0.2) is 0 Å². The highest BCUT2D eigenvalue weighted by molar-refractivity contribution is 5.94. The number of hydrogen-bond donors (Lipinski definition) is 2. The molecule has 1 amide bonds. The van der Waals surface area contributed by atoms with Gasteiger partial charge >= 0.3 is 0 Å². The number of rotatable bonds is 7. The Morgan fingerprint density at radius 1 is 1.43 bits per heavy atom. The SMILES string of the molecule is COc1ccc(NC(=O)C(C)N(C)CC(O)C2CC2)cc1. The zero-order valence-electron chi connectivity index (χ0n) is 12.9. The summed E-state index contributed by atoms with van der Waals surface area (Å²) in [5, 5.41) is 12.8. The summed E-state index contributed by atoms with van der Waals surface area (Å²) in [6.45, 7) is 2.38. The van der Waals surface area contributed by atoms with Crippen LogP contribution in [0.15, 0.2) is 24.3 Å². The predicted octanol–water partition coefficient (Wildman–Crippen LogP) is 1.72. The van der Waals surface area contributed by atoms with Crippen LogP contribution in [0.5, 0.6) is 5.75 Å². The number of carbonyl (C=O) groups excluding carboxylic acids is 1. The van der Waals surface area contributed by atoms with Gasteiger partial charge < -0.3 is 15.2 Å². The van der Waals surface area contributed by atoms with Crippen LogP contribution in [0.1, 0.15) is 19.8 Å². The molecule has 0 aromatic heterocycles. The van der Waals surface area contributed by atoms with Crippen molar-refractivity contribution in [1.82, 2.24) is 4.90 Å². The number of nitrogens with one attached hydrogen (secondary N) is 1. The van der Waals surface area contributed by atoms with E-state index in [1.54, 1.807) is 19.2 Å². The molecule has 1 aromatic rings. The standard InChI is InChI=1S/C16H24N2O3/c1-11(18(2)10-15(19)12-4-5-12)16(20)17-13-6-8-14(21-3)9-7-13/h6-9,11-12,15,19H,4-5,10H2,1-3H3,(H,17,20). The third kappa shape index (κ3) is 4.44. The van der Waals surface area contributed by atoms with Gasteiger partial charge in [0.05, 0.1) is 19.3 Å². The average molecular weight is 292 g/mol. The highest BCUT2D eigenvalue weighted by Crippen LogP contribution is 2.32. The van der Waals surface area contributed by atoms with Crippen LogP contribution in [-0.4, -0.2) is 48.8 Å². The van der Waals surface area contributed by atoms with Gasteiger partial charge in [-0.2, -0.15) is 0 Å². The van der Waals surface area contributed by atoms with Gasteiger partial charge in [-0.3, -0.25) is 9.69 Å². The fraction of sp³-hybridized carbons (Fsp3) is 0.562. The number of hydrogen-bond acceptors (Lipinski definition) is 4. The van der Waals surface area contributed by atoms with Gasteiger partial charge in [-0.05, 0) is 57.0 Å². The van der Waals surface area contributed by atoms with Gasteiger partial charge in [0.2, 0.25) is 5.91 Å². The quantitative estimate of drug-likeness (QED) is 0.803.